The minimum atomic E-state index is -6.09. The van der Waals surface area contributed by atoms with E-state index in [1.54, 1.807) is 9.46 Å². The normalized spacial score (nSPS) is 12.0. The molecule has 0 aliphatic carbocycles. The van der Waals surface area contributed by atoms with Crippen LogP contribution in [-0.4, -0.2) is 37.0 Å². The van der Waals surface area contributed by atoms with E-state index in [1.165, 1.54) is 0 Å². The predicted molar refractivity (Wildman–Crippen MR) is 76.8 cm³/mol. The smallest absolute Gasteiger partial charge is 0.485 e. The van der Waals surface area contributed by atoms with E-state index in [0.29, 0.717) is 0 Å². The highest BCUT2D eigenvalue weighted by Gasteiger charge is 2.37. The highest BCUT2D eigenvalue weighted by molar-refractivity contribution is 7.86. The van der Waals surface area contributed by atoms with Crippen molar-refractivity contribution in [2.75, 3.05) is 0 Å². The van der Waals surface area contributed by atoms with E-state index in [4.69, 9.17) is 30.9 Å². The van der Waals surface area contributed by atoms with Crippen molar-refractivity contribution in [2.45, 2.75) is 11.0 Å². The first-order valence-electron chi connectivity index (χ1n) is 6.61. The first kappa shape index (κ1) is 26.5. The molecule has 9 nitrogen and oxygen atoms in total. The lowest BCUT2D eigenvalue weighted by atomic mass is 10.5. The molecule has 2 aromatic rings. The Kier molecular flexibility index (Phi) is 9.44. The highest BCUT2D eigenvalue weighted by Crippen LogP contribution is 2.21. The molecule has 2 rings (SSSR count). The Morgan fingerprint density at radius 3 is 0.966 bits per heavy atom. The van der Waals surface area contributed by atoms with E-state index in [0.717, 1.165) is 0 Å². The van der Waals surface area contributed by atoms with Crippen molar-refractivity contribution in [3.05, 3.63) is 61.2 Å². The second kappa shape index (κ2) is 10.3. The van der Waals surface area contributed by atoms with E-state index in [2.05, 4.69) is 0 Å². The van der Waals surface area contributed by atoms with Crippen LogP contribution < -0.4 is 14.4 Å². The third-order valence-electron chi connectivity index (χ3n) is 2.13. The molecular weight excluding hydrogens is 462 g/mol. The van der Waals surface area contributed by atoms with Crippen LogP contribution in [0.3, 0.4) is 0 Å². The summed E-state index contributed by atoms with van der Waals surface area (Å²) in [4.78, 5) is 5.41. The fourth-order valence-corrected chi connectivity index (χ4v) is 0.983. The second-order valence-electron chi connectivity index (χ2n) is 4.35. The lowest BCUT2D eigenvalue weighted by Crippen LogP contribution is -2.59. The van der Waals surface area contributed by atoms with Gasteiger partial charge < -0.3 is 9.11 Å². The lowest BCUT2D eigenvalue weighted by molar-refractivity contribution is -1.16. The maximum atomic E-state index is 10.7. The summed E-state index contributed by atoms with van der Waals surface area (Å²) in [5.74, 6) is 0. The molecule has 0 aliphatic heterocycles. The van der Waals surface area contributed by atoms with Gasteiger partial charge in [-0.15, -0.1) is 0 Å². The van der Waals surface area contributed by atoms with Crippen molar-refractivity contribution in [3.63, 3.8) is 0 Å². The van der Waals surface area contributed by atoms with Gasteiger partial charge in [0, 0.05) is 29.2 Å². The molecule has 0 saturated carbocycles. The van der Waals surface area contributed by atoms with Crippen LogP contribution in [0, 0.1) is 0 Å². The number of aromatic nitrogens is 2. The van der Waals surface area contributed by atoms with E-state index >= 15 is 0 Å². The fourth-order valence-electron chi connectivity index (χ4n) is 0.983. The zero-order valence-corrected chi connectivity index (χ0v) is 15.2. The molecule has 29 heavy (non-hydrogen) atoms. The summed E-state index contributed by atoms with van der Waals surface area (Å²) in [5.41, 5.74) is -11.3. The van der Waals surface area contributed by atoms with Gasteiger partial charge in [-0.2, -0.15) is 26.3 Å². The van der Waals surface area contributed by atoms with Gasteiger partial charge in [-0.1, -0.05) is 12.1 Å². The van der Waals surface area contributed by atoms with E-state index in [9.17, 15) is 26.3 Å². The quantitative estimate of drug-likeness (QED) is 0.265. The summed E-state index contributed by atoms with van der Waals surface area (Å²) in [6, 6.07) is 11.5. The van der Waals surface area contributed by atoms with Crippen LogP contribution in [0.1, 0.15) is 0 Å². The summed E-state index contributed by atoms with van der Waals surface area (Å²) < 4.78 is 121. The van der Waals surface area contributed by atoms with Gasteiger partial charge in [0.1, 0.15) is 0 Å². The third kappa shape index (κ3) is 11.2. The van der Waals surface area contributed by atoms with Crippen molar-refractivity contribution in [1.82, 2.24) is 0 Å². The molecule has 0 atom stereocenters. The Balaban J connectivity index is 0.000000432. The van der Waals surface area contributed by atoms with Gasteiger partial charge in [-0.05, 0) is 0 Å². The molecule has 0 fully saturated rings. The molecular formula is C12H10F6N2O7S2. The zero-order chi connectivity index (χ0) is 22.9. The first-order chi connectivity index (χ1) is 12.9. The molecule has 0 bridgehead atoms. The predicted octanol–water partition coefficient (Wildman–Crippen LogP) is 0.256. The van der Waals surface area contributed by atoms with Crippen LogP contribution in [0.25, 0.3) is 0 Å². The maximum Gasteiger partial charge on any atom is 0.485 e. The van der Waals surface area contributed by atoms with Crippen LogP contribution in [-0.2, 0) is 20.2 Å². The average Bonchev–Trinajstić information content (AvgIpc) is 2.54. The Labute approximate surface area is 159 Å². The van der Waals surface area contributed by atoms with Gasteiger partial charge >= 0.3 is 11.0 Å². The number of halogens is 6. The molecule has 0 unspecified atom stereocenters. The SMILES string of the molecule is O=S(=O)([O-])C(F)(F)F.O=S(=O)([O-])C(F)(F)F.c1cc[n+](O[n+]2ccccc2)cc1. The summed E-state index contributed by atoms with van der Waals surface area (Å²) in [7, 11) is -12.2. The topological polar surface area (TPSA) is 131 Å². The summed E-state index contributed by atoms with van der Waals surface area (Å²) in [6.07, 6.45) is 7.33. The lowest BCUT2D eigenvalue weighted by Gasteiger charge is -2.08. The molecule has 0 aromatic carbocycles. The number of rotatable bonds is 2. The fraction of sp³-hybridized carbons (Fsp3) is 0.167. The first-order valence-corrected chi connectivity index (χ1v) is 9.42. The Bertz CT molecular complexity index is 870. The average molecular weight is 472 g/mol. The van der Waals surface area contributed by atoms with Crippen molar-refractivity contribution in [2.24, 2.45) is 0 Å². The number of alkyl halides is 6. The van der Waals surface area contributed by atoms with Crippen molar-refractivity contribution >= 4 is 20.2 Å². The minimum Gasteiger partial charge on any atom is -0.741 e. The zero-order valence-electron chi connectivity index (χ0n) is 13.6. The number of nitrogens with zero attached hydrogens (tertiary/aromatic N) is 2. The van der Waals surface area contributed by atoms with Gasteiger partial charge in [0.05, 0.1) is 9.46 Å². The summed E-state index contributed by atoms with van der Waals surface area (Å²) in [6.45, 7) is 0. The summed E-state index contributed by atoms with van der Waals surface area (Å²) in [5, 5.41) is 0. The van der Waals surface area contributed by atoms with E-state index < -0.39 is 31.3 Å². The van der Waals surface area contributed by atoms with Gasteiger partial charge in [-0.25, -0.2) is 16.8 Å². The van der Waals surface area contributed by atoms with Crippen molar-refractivity contribution < 1.29 is 66.7 Å². The number of hydrogen-bond donors (Lipinski definition) is 0. The van der Waals surface area contributed by atoms with E-state index in [-0.39, 0.29) is 0 Å². The van der Waals surface area contributed by atoms with Gasteiger partial charge in [0.25, 0.3) is 0 Å². The van der Waals surface area contributed by atoms with Crippen LogP contribution in [0.15, 0.2) is 61.2 Å². The van der Waals surface area contributed by atoms with Gasteiger partial charge in [-0.3, -0.25) is 0 Å². The standard InChI is InChI=1S/C10H10N2O.2CHF3O3S/c1-3-7-11(8-4-1)13-12-9-5-2-6-10-12;2*2-1(3,4)8(5,6)7/h1-10H;2*(H,5,6,7)/q+2;;/p-2. The highest BCUT2D eigenvalue weighted by atomic mass is 32.2. The Morgan fingerprint density at radius 1 is 0.586 bits per heavy atom. The van der Waals surface area contributed by atoms with Gasteiger partial charge in [0.15, 0.2) is 20.2 Å². The molecule has 0 radical (unpaired) electrons. The van der Waals surface area contributed by atoms with Crippen LogP contribution in [0.2, 0.25) is 0 Å². The van der Waals surface area contributed by atoms with Crippen molar-refractivity contribution in [3.8, 4) is 0 Å². The molecule has 164 valence electrons. The molecule has 0 aliphatic rings. The molecule has 2 aromatic heterocycles. The molecule has 2 heterocycles. The van der Waals surface area contributed by atoms with E-state index in [1.807, 2.05) is 61.2 Å². The van der Waals surface area contributed by atoms with Gasteiger partial charge in [0.2, 0.25) is 24.8 Å². The Hall–Kier alpha value is -2.50. The molecule has 0 N–H and O–H groups in total. The number of pyridine rings is 2. The largest absolute Gasteiger partial charge is 0.741 e. The summed E-state index contributed by atoms with van der Waals surface area (Å²) >= 11 is 0. The van der Waals surface area contributed by atoms with Crippen LogP contribution in [0.4, 0.5) is 26.3 Å². The van der Waals surface area contributed by atoms with Crippen molar-refractivity contribution in [1.29, 1.82) is 0 Å². The molecule has 0 amide bonds. The molecule has 0 saturated heterocycles. The minimum absolute atomic E-state index is 1.62. The van der Waals surface area contributed by atoms with Crippen LogP contribution in [0.5, 0.6) is 0 Å². The monoisotopic (exact) mass is 472 g/mol. The maximum absolute atomic E-state index is 10.7. The van der Waals surface area contributed by atoms with Crippen LogP contribution >= 0.6 is 0 Å². The second-order valence-corrected chi connectivity index (χ2v) is 7.09. The Morgan fingerprint density at radius 2 is 0.793 bits per heavy atom. The molecule has 0 spiro atoms. The number of hydrogen-bond acceptors (Lipinski definition) is 7. The third-order valence-corrected chi connectivity index (χ3v) is 3.27. The molecule has 17 heteroatoms.